The van der Waals surface area contributed by atoms with Crippen LogP contribution in [0.4, 0.5) is 5.69 Å². The predicted octanol–water partition coefficient (Wildman–Crippen LogP) is 2.43. The average molecular weight is 425 g/mol. The topological polar surface area (TPSA) is 114 Å². The molecule has 0 fully saturated rings. The van der Waals surface area contributed by atoms with Crippen LogP contribution in [0.3, 0.4) is 0 Å². The quantitative estimate of drug-likeness (QED) is 0.534. The Morgan fingerprint density at radius 1 is 0.968 bits per heavy atom. The zero-order valence-electron chi connectivity index (χ0n) is 17.8. The maximum atomic E-state index is 13.0. The molecule has 8 nitrogen and oxygen atoms in total. The summed E-state index contributed by atoms with van der Waals surface area (Å²) in [6.45, 7) is 3.59. The van der Waals surface area contributed by atoms with Crippen molar-refractivity contribution in [3.63, 3.8) is 0 Å². The molecule has 2 aromatic carbocycles. The summed E-state index contributed by atoms with van der Waals surface area (Å²) in [5.41, 5.74) is 1.29. The van der Waals surface area contributed by atoms with Gasteiger partial charge in [0.1, 0.15) is 12.6 Å². The number of rotatable bonds is 9. The van der Waals surface area contributed by atoms with Crippen LogP contribution in [0.2, 0.25) is 0 Å². The average Bonchev–Trinajstić information content (AvgIpc) is 2.75. The fourth-order valence-electron chi connectivity index (χ4n) is 2.82. The normalized spacial score (nSPS) is 11.4. The van der Waals surface area contributed by atoms with E-state index in [1.807, 2.05) is 19.9 Å². The van der Waals surface area contributed by atoms with E-state index in [-0.39, 0.29) is 23.9 Å². The van der Waals surface area contributed by atoms with Crippen LogP contribution in [-0.2, 0) is 19.1 Å². The number of methoxy groups -OCH3 is 1. The van der Waals surface area contributed by atoms with Crippen molar-refractivity contribution in [2.75, 3.05) is 19.0 Å². The molecule has 2 aromatic rings. The van der Waals surface area contributed by atoms with E-state index in [0.717, 1.165) is 0 Å². The van der Waals surface area contributed by atoms with Crippen molar-refractivity contribution in [3.8, 4) is 0 Å². The Balaban J connectivity index is 2.14. The highest BCUT2D eigenvalue weighted by Crippen LogP contribution is 2.18. The maximum absolute atomic E-state index is 13.0. The molecule has 0 aliphatic heterocycles. The number of carbonyl (C=O) groups excluding carboxylic acids is 4. The molecule has 31 heavy (non-hydrogen) atoms. The lowest BCUT2D eigenvalue weighted by atomic mass is 10.0. The summed E-state index contributed by atoms with van der Waals surface area (Å²) in [6.07, 6.45) is 0.298. The third-order valence-corrected chi connectivity index (χ3v) is 4.31. The summed E-state index contributed by atoms with van der Waals surface area (Å²) < 4.78 is 4.49. The summed E-state index contributed by atoms with van der Waals surface area (Å²) >= 11 is 0. The summed E-state index contributed by atoms with van der Waals surface area (Å²) in [4.78, 5) is 48.7. The van der Waals surface area contributed by atoms with Crippen molar-refractivity contribution < 1.29 is 23.9 Å². The first-order valence-electron chi connectivity index (χ1n) is 9.90. The molecular formula is C23H27N3O5. The molecule has 3 N–H and O–H groups in total. The Morgan fingerprint density at radius 3 is 2.32 bits per heavy atom. The van der Waals surface area contributed by atoms with Gasteiger partial charge in [0.15, 0.2) is 0 Å². The Labute approximate surface area is 181 Å². The van der Waals surface area contributed by atoms with Crippen molar-refractivity contribution in [3.05, 3.63) is 65.7 Å². The number of amides is 3. The molecule has 0 bridgehead atoms. The number of ether oxygens (including phenoxy) is 1. The van der Waals surface area contributed by atoms with Crippen molar-refractivity contribution in [1.82, 2.24) is 10.6 Å². The zero-order chi connectivity index (χ0) is 22.8. The monoisotopic (exact) mass is 425 g/mol. The molecule has 8 heteroatoms. The number of anilines is 1. The van der Waals surface area contributed by atoms with Crippen LogP contribution in [0.1, 0.15) is 42.2 Å². The van der Waals surface area contributed by atoms with E-state index in [1.165, 1.54) is 13.2 Å². The van der Waals surface area contributed by atoms with Gasteiger partial charge in [-0.05, 0) is 29.7 Å². The summed E-state index contributed by atoms with van der Waals surface area (Å²) in [6, 6.07) is 14.3. The molecule has 1 unspecified atom stereocenters. The number of nitrogens with one attached hydrogen (secondary N) is 3. The maximum Gasteiger partial charge on any atom is 0.325 e. The van der Waals surface area contributed by atoms with Crippen molar-refractivity contribution in [2.24, 2.45) is 5.92 Å². The second kappa shape index (κ2) is 11.5. The molecule has 2 rings (SSSR count). The first-order valence-corrected chi connectivity index (χ1v) is 9.90. The standard InChI is InChI=1S/C23H27N3O5/c1-15(2)12-19(27)26-21(16-8-5-4-6-9-16)23(30)25-18-11-7-10-17(13-18)22(29)24-14-20(28)31-3/h4-11,13,15,21H,12,14H2,1-3H3,(H,24,29)(H,25,30)(H,26,27). The largest absolute Gasteiger partial charge is 0.468 e. The highest BCUT2D eigenvalue weighted by molar-refractivity contribution is 6.00. The van der Waals surface area contributed by atoms with Crippen LogP contribution in [0.15, 0.2) is 54.6 Å². The first-order chi connectivity index (χ1) is 14.8. The van der Waals surface area contributed by atoms with Gasteiger partial charge in [-0.2, -0.15) is 0 Å². The number of benzene rings is 2. The van der Waals surface area contributed by atoms with Gasteiger partial charge in [0.2, 0.25) is 5.91 Å². The molecule has 3 amide bonds. The second-order valence-corrected chi connectivity index (χ2v) is 7.34. The Bertz CT molecular complexity index is 928. The van der Waals surface area contributed by atoms with E-state index >= 15 is 0 Å². The van der Waals surface area contributed by atoms with E-state index in [0.29, 0.717) is 17.7 Å². The second-order valence-electron chi connectivity index (χ2n) is 7.34. The van der Waals surface area contributed by atoms with Gasteiger partial charge < -0.3 is 20.7 Å². The van der Waals surface area contributed by atoms with Gasteiger partial charge in [0.05, 0.1) is 7.11 Å². The van der Waals surface area contributed by atoms with Crippen molar-refractivity contribution >= 4 is 29.4 Å². The number of hydrogen-bond donors (Lipinski definition) is 3. The molecule has 0 radical (unpaired) electrons. The van der Waals surface area contributed by atoms with Gasteiger partial charge in [-0.25, -0.2) is 0 Å². The number of carbonyl (C=O) groups is 4. The van der Waals surface area contributed by atoms with Crippen LogP contribution >= 0.6 is 0 Å². The lowest BCUT2D eigenvalue weighted by Gasteiger charge is -2.20. The third-order valence-electron chi connectivity index (χ3n) is 4.31. The van der Waals surface area contributed by atoms with Gasteiger partial charge in [-0.1, -0.05) is 50.2 Å². The smallest absolute Gasteiger partial charge is 0.325 e. The van der Waals surface area contributed by atoms with Gasteiger partial charge in [-0.3, -0.25) is 19.2 Å². The molecule has 0 saturated heterocycles. The van der Waals surface area contributed by atoms with Crippen LogP contribution in [0.25, 0.3) is 0 Å². The molecule has 0 aliphatic rings. The van der Waals surface area contributed by atoms with Crippen molar-refractivity contribution in [1.29, 1.82) is 0 Å². The SMILES string of the molecule is COC(=O)CNC(=O)c1cccc(NC(=O)C(NC(=O)CC(C)C)c2ccccc2)c1. The Morgan fingerprint density at radius 2 is 1.68 bits per heavy atom. The highest BCUT2D eigenvalue weighted by Gasteiger charge is 2.23. The predicted molar refractivity (Wildman–Crippen MR) is 116 cm³/mol. The van der Waals surface area contributed by atoms with Gasteiger partial charge >= 0.3 is 5.97 Å². The van der Waals surface area contributed by atoms with Crippen LogP contribution in [0, 0.1) is 5.92 Å². The van der Waals surface area contributed by atoms with E-state index in [9.17, 15) is 19.2 Å². The third kappa shape index (κ3) is 7.58. The van der Waals surface area contributed by atoms with Crippen LogP contribution in [-0.4, -0.2) is 37.3 Å². The Kier molecular flexibility index (Phi) is 8.75. The fourth-order valence-corrected chi connectivity index (χ4v) is 2.82. The van der Waals surface area contributed by atoms with E-state index in [1.54, 1.807) is 42.5 Å². The van der Waals surface area contributed by atoms with Gasteiger partial charge in [0, 0.05) is 17.7 Å². The molecule has 0 spiro atoms. The molecule has 0 aromatic heterocycles. The fraction of sp³-hybridized carbons (Fsp3) is 0.304. The van der Waals surface area contributed by atoms with Gasteiger partial charge in [-0.15, -0.1) is 0 Å². The molecule has 0 heterocycles. The lowest BCUT2D eigenvalue weighted by Crippen LogP contribution is -2.37. The molecule has 0 saturated carbocycles. The number of esters is 1. The minimum Gasteiger partial charge on any atom is -0.468 e. The first kappa shape index (κ1) is 23.6. The van der Waals surface area contributed by atoms with Gasteiger partial charge in [0.25, 0.3) is 11.8 Å². The molecule has 0 aliphatic carbocycles. The molecule has 164 valence electrons. The van der Waals surface area contributed by atoms with E-state index in [2.05, 4.69) is 20.7 Å². The van der Waals surface area contributed by atoms with Crippen LogP contribution in [0.5, 0.6) is 0 Å². The Hall–Kier alpha value is -3.68. The molecule has 1 atom stereocenters. The summed E-state index contributed by atoms with van der Waals surface area (Å²) in [7, 11) is 1.23. The van der Waals surface area contributed by atoms with E-state index in [4.69, 9.17) is 0 Å². The minimum absolute atomic E-state index is 0.152. The number of hydrogen-bond acceptors (Lipinski definition) is 5. The van der Waals surface area contributed by atoms with E-state index < -0.39 is 23.8 Å². The zero-order valence-corrected chi connectivity index (χ0v) is 17.8. The highest BCUT2D eigenvalue weighted by atomic mass is 16.5. The lowest BCUT2D eigenvalue weighted by molar-refractivity contribution is -0.139. The molecular weight excluding hydrogens is 398 g/mol. The minimum atomic E-state index is -0.885. The van der Waals surface area contributed by atoms with Crippen LogP contribution < -0.4 is 16.0 Å². The summed E-state index contributed by atoms with van der Waals surface area (Å²) in [5, 5.41) is 7.96. The summed E-state index contributed by atoms with van der Waals surface area (Å²) in [5.74, 6) is -1.56. The van der Waals surface area contributed by atoms with Crippen molar-refractivity contribution in [2.45, 2.75) is 26.3 Å².